The summed E-state index contributed by atoms with van der Waals surface area (Å²) in [5, 5.41) is 2.71. The number of nitrogens with one attached hydrogen (secondary N) is 1. The number of carbonyl (C=O) groups excluding carboxylic acids is 2. The minimum Gasteiger partial charge on any atom is -0.497 e. The van der Waals surface area contributed by atoms with Crippen LogP contribution in [0.3, 0.4) is 0 Å². The largest absolute Gasteiger partial charge is 0.497 e. The van der Waals surface area contributed by atoms with Gasteiger partial charge in [-0.2, -0.15) is 0 Å². The third kappa shape index (κ3) is 8.58. The highest BCUT2D eigenvalue weighted by molar-refractivity contribution is 7.92. The number of hydrogen-bond acceptors (Lipinski definition) is 5. The molecule has 0 saturated carbocycles. The fourth-order valence-electron chi connectivity index (χ4n) is 4.36. The number of sulfonamides is 1. The van der Waals surface area contributed by atoms with E-state index in [0.717, 1.165) is 22.9 Å². The summed E-state index contributed by atoms with van der Waals surface area (Å²) in [4.78, 5) is 28.3. The van der Waals surface area contributed by atoms with Crippen molar-refractivity contribution < 1.29 is 22.7 Å². The summed E-state index contributed by atoms with van der Waals surface area (Å²) in [5.41, 5.74) is 3.44. The minimum atomic E-state index is -3.58. The number of rotatable bonds is 13. The molecule has 1 N–H and O–H groups in total. The quantitative estimate of drug-likeness (QED) is 0.347. The SMILES string of the molecule is CNC(=O)C(Cc1ccccc1)N(Cc1ccc(C)cc1)C(=O)CCCN(c1ccc(OC)cc1)S(C)(=O)=O. The lowest BCUT2D eigenvalue weighted by molar-refractivity contribution is -0.141. The fraction of sp³-hybridized carbons (Fsp3) is 0.333. The maximum Gasteiger partial charge on any atom is 0.242 e. The lowest BCUT2D eigenvalue weighted by atomic mass is 10.0. The first-order chi connectivity index (χ1) is 18.6. The predicted octanol–water partition coefficient (Wildman–Crippen LogP) is 3.94. The molecule has 8 nitrogen and oxygen atoms in total. The molecule has 0 saturated heterocycles. The molecular formula is C30H37N3O5S. The lowest BCUT2D eigenvalue weighted by Crippen LogP contribution is -2.49. The first kappa shape index (κ1) is 29.7. The van der Waals surface area contributed by atoms with Gasteiger partial charge in [-0.15, -0.1) is 0 Å². The van der Waals surface area contributed by atoms with E-state index in [0.29, 0.717) is 17.9 Å². The van der Waals surface area contributed by atoms with Crippen LogP contribution in [0.5, 0.6) is 5.75 Å². The number of likely N-dealkylation sites (N-methyl/N-ethyl adjacent to an activating group) is 1. The van der Waals surface area contributed by atoms with Crippen molar-refractivity contribution in [3.05, 3.63) is 95.6 Å². The Balaban J connectivity index is 1.82. The Labute approximate surface area is 231 Å². The van der Waals surface area contributed by atoms with Crippen LogP contribution in [0.25, 0.3) is 0 Å². The van der Waals surface area contributed by atoms with E-state index in [4.69, 9.17) is 4.74 Å². The number of hydrogen-bond donors (Lipinski definition) is 1. The lowest BCUT2D eigenvalue weighted by Gasteiger charge is -2.31. The zero-order valence-corrected chi connectivity index (χ0v) is 23.8. The Kier molecular flexibility index (Phi) is 10.5. The van der Waals surface area contributed by atoms with Crippen molar-refractivity contribution >= 4 is 27.5 Å². The Hall–Kier alpha value is -3.85. The van der Waals surface area contributed by atoms with E-state index in [9.17, 15) is 18.0 Å². The van der Waals surface area contributed by atoms with Crippen LogP contribution in [-0.4, -0.2) is 58.1 Å². The summed E-state index contributed by atoms with van der Waals surface area (Å²) >= 11 is 0. The van der Waals surface area contributed by atoms with Crippen LogP contribution in [0.2, 0.25) is 0 Å². The van der Waals surface area contributed by atoms with Crippen molar-refractivity contribution in [2.24, 2.45) is 0 Å². The van der Waals surface area contributed by atoms with Gasteiger partial charge in [-0.3, -0.25) is 13.9 Å². The zero-order valence-electron chi connectivity index (χ0n) is 23.0. The number of nitrogens with zero attached hydrogens (tertiary/aromatic N) is 2. The minimum absolute atomic E-state index is 0.0797. The molecule has 0 fully saturated rings. The molecule has 3 rings (SSSR count). The molecule has 2 amide bonds. The van der Waals surface area contributed by atoms with Gasteiger partial charge in [-0.25, -0.2) is 8.42 Å². The molecule has 0 spiro atoms. The smallest absolute Gasteiger partial charge is 0.242 e. The van der Waals surface area contributed by atoms with Crippen molar-refractivity contribution in [1.29, 1.82) is 0 Å². The summed E-state index contributed by atoms with van der Waals surface area (Å²) in [6.07, 6.45) is 1.87. The molecule has 208 valence electrons. The van der Waals surface area contributed by atoms with E-state index in [1.54, 1.807) is 43.3 Å². The van der Waals surface area contributed by atoms with Crippen LogP contribution < -0.4 is 14.4 Å². The van der Waals surface area contributed by atoms with Gasteiger partial charge in [0.2, 0.25) is 21.8 Å². The second kappa shape index (κ2) is 13.8. The normalized spacial score (nSPS) is 11.9. The van der Waals surface area contributed by atoms with Gasteiger partial charge in [0.25, 0.3) is 0 Å². The Morgan fingerprint density at radius 3 is 2.13 bits per heavy atom. The molecule has 0 aliphatic heterocycles. The van der Waals surface area contributed by atoms with Crippen LogP contribution in [-0.2, 0) is 32.6 Å². The van der Waals surface area contributed by atoms with Crippen LogP contribution >= 0.6 is 0 Å². The van der Waals surface area contributed by atoms with Crippen LogP contribution in [0.15, 0.2) is 78.9 Å². The first-order valence-electron chi connectivity index (χ1n) is 12.8. The third-order valence-corrected chi connectivity index (χ3v) is 7.70. The molecule has 1 atom stereocenters. The Bertz CT molecular complexity index is 1330. The molecule has 0 aromatic heterocycles. The number of amides is 2. The Morgan fingerprint density at radius 2 is 1.56 bits per heavy atom. The van der Waals surface area contributed by atoms with Crippen molar-refractivity contribution in [3.8, 4) is 5.75 Å². The second-order valence-electron chi connectivity index (χ2n) is 9.46. The van der Waals surface area contributed by atoms with E-state index < -0.39 is 16.1 Å². The topological polar surface area (TPSA) is 96.0 Å². The molecule has 0 bridgehead atoms. The van der Waals surface area contributed by atoms with Crippen molar-refractivity contribution in [2.45, 2.75) is 38.8 Å². The highest BCUT2D eigenvalue weighted by Crippen LogP contribution is 2.23. The van der Waals surface area contributed by atoms with Gasteiger partial charge in [-0.05, 0) is 48.7 Å². The summed E-state index contributed by atoms with van der Waals surface area (Å²) in [6, 6.07) is 23.4. The number of anilines is 1. The number of methoxy groups -OCH3 is 1. The molecular weight excluding hydrogens is 514 g/mol. The van der Waals surface area contributed by atoms with Crippen LogP contribution in [0.1, 0.15) is 29.5 Å². The van der Waals surface area contributed by atoms with E-state index >= 15 is 0 Å². The zero-order chi connectivity index (χ0) is 28.4. The van der Waals surface area contributed by atoms with Gasteiger partial charge in [0, 0.05) is 33.0 Å². The number of benzene rings is 3. The highest BCUT2D eigenvalue weighted by Gasteiger charge is 2.30. The standard InChI is InChI=1S/C30H37N3O5S/c1-23-12-14-25(15-13-23)22-32(28(30(35)31-2)21-24-9-6-5-7-10-24)29(34)11-8-20-33(39(4,36)37)26-16-18-27(38-3)19-17-26/h5-7,9-10,12-19,28H,8,11,20-22H2,1-4H3,(H,31,35). The molecule has 0 aliphatic carbocycles. The van der Waals surface area contributed by atoms with Gasteiger partial charge >= 0.3 is 0 Å². The molecule has 0 radical (unpaired) electrons. The van der Waals surface area contributed by atoms with Gasteiger partial charge < -0.3 is 15.0 Å². The van der Waals surface area contributed by atoms with Crippen LogP contribution in [0.4, 0.5) is 5.69 Å². The number of aryl methyl sites for hydroxylation is 1. The molecule has 3 aromatic rings. The third-order valence-electron chi connectivity index (χ3n) is 6.50. The van der Waals surface area contributed by atoms with Gasteiger partial charge in [-0.1, -0.05) is 60.2 Å². The molecule has 0 heterocycles. The number of ether oxygens (including phenoxy) is 1. The fourth-order valence-corrected chi connectivity index (χ4v) is 5.33. The van der Waals surface area contributed by atoms with Crippen molar-refractivity contribution in [1.82, 2.24) is 10.2 Å². The maximum atomic E-state index is 13.7. The van der Waals surface area contributed by atoms with Gasteiger partial charge in [0.05, 0.1) is 19.1 Å². The summed E-state index contributed by atoms with van der Waals surface area (Å²) in [7, 11) is -0.473. The molecule has 39 heavy (non-hydrogen) atoms. The second-order valence-corrected chi connectivity index (χ2v) is 11.4. The molecule has 0 aliphatic rings. The van der Waals surface area contributed by atoms with Gasteiger partial charge in [0.15, 0.2) is 0 Å². The van der Waals surface area contributed by atoms with Crippen molar-refractivity contribution in [2.75, 3.05) is 31.3 Å². The van der Waals surface area contributed by atoms with Crippen LogP contribution in [0, 0.1) is 6.92 Å². The summed E-state index contributed by atoms with van der Waals surface area (Å²) in [6.45, 7) is 2.38. The van der Waals surface area contributed by atoms with E-state index in [2.05, 4.69) is 5.32 Å². The van der Waals surface area contributed by atoms with Crippen molar-refractivity contribution in [3.63, 3.8) is 0 Å². The van der Waals surface area contributed by atoms with E-state index in [1.165, 1.54) is 4.31 Å². The average Bonchev–Trinajstić information content (AvgIpc) is 2.93. The number of carbonyl (C=O) groups is 2. The monoisotopic (exact) mass is 551 g/mol. The highest BCUT2D eigenvalue weighted by atomic mass is 32.2. The summed E-state index contributed by atoms with van der Waals surface area (Å²) < 4.78 is 31.6. The van der Waals surface area contributed by atoms with Gasteiger partial charge in [0.1, 0.15) is 11.8 Å². The Morgan fingerprint density at radius 1 is 0.923 bits per heavy atom. The molecule has 9 heteroatoms. The predicted molar refractivity (Wildman–Crippen MR) is 154 cm³/mol. The van der Waals surface area contributed by atoms with E-state index in [1.807, 2.05) is 61.5 Å². The summed E-state index contributed by atoms with van der Waals surface area (Å²) in [5.74, 6) is 0.145. The average molecular weight is 552 g/mol. The molecule has 3 aromatic carbocycles. The maximum absolute atomic E-state index is 13.7. The first-order valence-corrected chi connectivity index (χ1v) is 14.7. The van der Waals surface area contributed by atoms with E-state index in [-0.39, 0.29) is 37.7 Å². The molecule has 1 unspecified atom stereocenters.